The number of nitrogens with zero attached hydrogens (tertiary/aromatic N) is 1. The highest BCUT2D eigenvalue weighted by Gasteiger charge is 2.10. The van der Waals surface area contributed by atoms with Gasteiger partial charge in [0.1, 0.15) is 0 Å². The molecule has 1 unspecified atom stereocenters. The maximum Gasteiger partial charge on any atom is 0.0187 e. The van der Waals surface area contributed by atoms with Gasteiger partial charge in [0.2, 0.25) is 0 Å². The quantitative estimate of drug-likeness (QED) is 0.530. The summed E-state index contributed by atoms with van der Waals surface area (Å²) in [5, 5.41) is 3.52. The fourth-order valence-electron chi connectivity index (χ4n) is 1.66. The Morgan fingerprint density at radius 3 is 2.38 bits per heavy atom. The van der Waals surface area contributed by atoms with Gasteiger partial charge in [-0.05, 0) is 61.1 Å². The first-order valence-electron chi connectivity index (χ1n) is 6.32. The highest BCUT2D eigenvalue weighted by atomic mass is 15.1. The third kappa shape index (κ3) is 8.93. The maximum atomic E-state index is 3.95. The third-order valence-corrected chi connectivity index (χ3v) is 2.73. The molecule has 0 aromatic rings. The second-order valence-corrected chi connectivity index (χ2v) is 6.04. The summed E-state index contributed by atoms with van der Waals surface area (Å²) in [4.78, 5) is 2.37. The summed E-state index contributed by atoms with van der Waals surface area (Å²) < 4.78 is 0. The lowest BCUT2D eigenvalue weighted by Gasteiger charge is -2.26. The van der Waals surface area contributed by atoms with E-state index in [9.17, 15) is 0 Å². The lowest BCUT2D eigenvalue weighted by molar-refractivity contribution is 0.258. The summed E-state index contributed by atoms with van der Waals surface area (Å²) in [6.07, 6.45) is 2.48. The van der Waals surface area contributed by atoms with E-state index < -0.39 is 0 Å². The Hall–Kier alpha value is -0.340. The molecule has 1 atom stereocenters. The van der Waals surface area contributed by atoms with Crippen molar-refractivity contribution in [2.45, 2.75) is 59.0 Å². The van der Waals surface area contributed by atoms with Crippen LogP contribution in [0.5, 0.6) is 0 Å². The third-order valence-electron chi connectivity index (χ3n) is 2.73. The molecule has 2 nitrogen and oxygen atoms in total. The Labute approximate surface area is 102 Å². The zero-order valence-electron chi connectivity index (χ0n) is 12.1. The minimum Gasteiger partial charge on any atom is -0.312 e. The van der Waals surface area contributed by atoms with Crippen molar-refractivity contribution in [2.24, 2.45) is 0 Å². The van der Waals surface area contributed by atoms with Crippen LogP contribution in [0.15, 0.2) is 12.2 Å². The van der Waals surface area contributed by atoms with Gasteiger partial charge in [0.15, 0.2) is 0 Å². The van der Waals surface area contributed by atoms with E-state index in [1.807, 2.05) is 0 Å². The number of rotatable bonds is 7. The van der Waals surface area contributed by atoms with E-state index in [4.69, 9.17) is 0 Å². The largest absolute Gasteiger partial charge is 0.312 e. The van der Waals surface area contributed by atoms with Crippen molar-refractivity contribution in [3.63, 3.8) is 0 Å². The van der Waals surface area contributed by atoms with Crippen molar-refractivity contribution in [1.82, 2.24) is 10.2 Å². The van der Waals surface area contributed by atoms with Crippen LogP contribution >= 0.6 is 0 Å². The highest BCUT2D eigenvalue weighted by Crippen LogP contribution is 2.07. The van der Waals surface area contributed by atoms with Crippen LogP contribution in [0.2, 0.25) is 0 Å². The van der Waals surface area contributed by atoms with E-state index in [0.29, 0.717) is 6.04 Å². The molecule has 16 heavy (non-hydrogen) atoms. The van der Waals surface area contributed by atoms with E-state index in [0.717, 1.165) is 13.1 Å². The highest BCUT2D eigenvalue weighted by molar-refractivity contribution is 4.92. The van der Waals surface area contributed by atoms with Crippen LogP contribution < -0.4 is 5.32 Å². The fraction of sp³-hybridized carbons (Fsp3) is 0.857. The molecule has 0 aliphatic heterocycles. The molecule has 0 saturated carbocycles. The first-order valence-corrected chi connectivity index (χ1v) is 6.32. The summed E-state index contributed by atoms with van der Waals surface area (Å²) in [6, 6.07) is 0.637. The van der Waals surface area contributed by atoms with Gasteiger partial charge in [0, 0.05) is 18.1 Å². The Balaban J connectivity index is 3.65. The van der Waals surface area contributed by atoms with E-state index >= 15 is 0 Å². The number of hydrogen-bond donors (Lipinski definition) is 1. The van der Waals surface area contributed by atoms with Gasteiger partial charge in [-0.2, -0.15) is 0 Å². The van der Waals surface area contributed by atoms with E-state index in [1.165, 1.54) is 18.4 Å². The SMILES string of the molecule is C=C(C)CN(C)C(C)CCCNC(C)(C)C. The van der Waals surface area contributed by atoms with Crippen LogP contribution in [0, 0.1) is 0 Å². The zero-order chi connectivity index (χ0) is 12.8. The first kappa shape index (κ1) is 15.7. The average molecular weight is 226 g/mol. The normalized spacial score (nSPS) is 14.2. The van der Waals surface area contributed by atoms with E-state index in [2.05, 4.69) is 58.5 Å². The molecule has 0 aromatic heterocycles. The van der Waals surface area contributed by atoms with Crippen molar-refractivity contribution >= 4 is 0 Å². The molecule has 0 aliphatic carbocycles. The predicted octanol–water partition coefficient (Wildman–Crippen LogP) is 3.05. The number of nitrogens with one attached hydrogen (secondary N) is 1. The van der Waals surface area contributed by atoms with Crippen molar-refractivity contribution < 1.29 is 0 Å². The van der Waals surface area contributed by atoms with Crippen LogP contribution in [0.3, 0.4) is 0 Å². The molecule has 0 aromatic carbocycles. The van der Waals surface area contributed by atoms with Crippen LogP contribution in [-0.4, -0.2) is 36.6 Å². The molecule has 0 saturated heterocycles. The molecule has 2 heteroatoms. The summed E-state index contributed by atoms with van der Waals surface area (Å²) in [6.45, 7) is 17.1. The lowest BCUT2D eigenvalue weighted by Crippen LogP contribution is -2.37. The molecule has 0 aliphatic rings. The zero-order valence-corrected chi connectivity index (χ0v) is 12.1. The number of hydrogen-bond acceptors (Lipinski definition) is 2. The van der Waals surface area contributed by atoms with E-state index in [-0.39, 0.29) is 5.54 Å². The van der Waals surface area contributed by atoms with Crippen molar-refractivity contribution in [3.05, 3.63) is 12.2 Å². The van der Waals surface area contributed by atoms with Crippen LogP contribution in [0.25, 0.3) is 0 Å². The van der Waals surface area contributed by atoms with E-state index in [1.54, 1.807) is 0 Å². The summed E-state index contributed by atoms with van der Waals surface area (Å²) in [5.74, 6) is 0. The monoisotopic (exact) mass is 226 g/mol. The molecule has 1 N–H and O–H groups in total. The van der Waals surface area contributed by atoms with Gasteiger partial charge in [-0.25, -0.2) is 0 Å². The van der Waals surface area contributed by atoms with Gasteiger partial charge < -0.3 is 5.32 Å². The van der Waals surface area contributed by atoms with Gasteiger partial charge >= 0.3 is 0 Å². The van der Waals surface area contributed by atoms with Gasteiger partial charge in [-0.1, -0.05) is 12.2 Å². The Morgan fingerprint density at radius 2 is 1.94 bits per heavy atom. The van der Waals surface area contributed by atoms with Gasteiger partial charge in [-0.3, -0.25) is 4.90 Å². The average Bonchev–Trinajstić information content (AvgIpc) is 2.09. The molecule has 0 fully saturated rings. The Kier molecular flexibility index (Phi) is 6.93. The summed E-state index contributed by atoms with van der Waals surface area (Å²) in [7, 11) is 2.18. The minimum absolute atomic E-state index is 0.243. The number of likely N-dealkylation sites (N-methyl/N-ethyl adjacent to an activating group) is 1. The second-order valence-electron chi connectivity index (χ2n) is 6.04. The van der Waals surface area contributed by atoms with Crippen molar-refractivity contribution in [2.75, 3.05) is 20.1 Å². The molecule has 0 heterocycles. The van der Waals surface area contributed by atoms with Crippen LogP contribution in [-0.2, 0) is 0 Å². The van der Waals surface area contributed by atoms with Crippen molar-refractivity contribution in [3.8, 4) is 0 Å². The molecule has 0 rings (SSSR count). The van der Waals surface area contributed by atoms with Gasteiger partial charge in [0.05, 0.1) is 0 Å². The minimum atomic E-state index is 0.243. The first-order chi connectivity index (χ1) is 7.22. The van der Waals surface area contributed by atoms with Crippen LogP contribution in [0.4, 0.5) is 0 Å². The summed E-state index contributed by atoms with van der Waals surface area (Å²) in [5.41, 5.74) is 1.48. The Bertz CT molecular complexity index is 203. The molecular weight excluding hydrogens is 196 g/mol. The van der Waals surface area contributed by atoms with Crippen LogP contribution in [0.1, 0.15) is 47.5 Å². The molecule has 0 radical (unpaired) electrons. The maximum absolute atomic E-state index is 3.95. The second kappa shape index (κ2) is 7.08. The molecule has 0 bridgehead atoms. The predicted molar refractivity (Wildman–Crippen MR) is 73.9 cm³/mol. The molecular formula is C14H30N2. The molecule has 0 spiro atoms. The Morgan fingerprint density at radius 1 is 1.38 bits per heavy atom. The summed E-state index contributed by atoms with van der Waals surface area (Å²) >= 11 is 0. The standard InChI is InChI=1S/C14H30N2/c1-12(2)11-16(7)13(3)9-8-10-15-14(4,5)6/h13,15H,1,8-11H2,2-7H3. The van der Waals surface area contributed by atoms with Crippen molar-refractivity contribution in [1.29, 1.82) is 0 Å². The smallest absolute Gasteiger partial charge is 0.0187 e. The fourth-order valence-corrected chi connectivity index (χ4v) is 1.66. The molecule has 0 amide bonds. The van der Waals surface area contributed by atoms with Gasteiger partial charge in [0.25, 0.3) is 0 Å². The topological polar surface area (TPSA) is 15.3 Å². The molecule has 96 valence electrons. The van der Waals surface area contributed by atoms with Gasteiger partial charge in [-0.15, -0.1) is 0 Å². The lowest BCUT2D eigenvalue weighted by atomic mass is 10.1.